The van der Waals surface area contributed by atoms with Crippen LogP contribution in [0.4, 0.5) is 10.5 Å². The lowest BCUT2D eigenvalue weighted by Gasteiger charge is -2.18. The van der Waals surface area contributed by atoms with Gasteiger partial charge in [-0.15, -0.1) is 0 Å². The molecule has 0 aliphatic heterocycles. The highest BCUT2D eigenvalue weighted by molar-refractivity contribution is 5.97. The lowest BCUT2D eigenvalue weighted by molar-refractivity contribution is 0.0963. The summed E-state index contributed by atoms with van der Waals surface area (Å²) in [7, 11) is 3.08. The molecule has 0 spiro atoms. The van der Waals surface area contributed by atoms with Gasteiger partial charge in [-0.3, -0.25) is 4.79 Å². The largest absolute Gasteiger partial charge is 0.495 e. The highest BCUT2D eigenvalue weighted by Gasteiger charge is 2.44. The van der Waals surface area contributed by atoms with Gasteiger partial charge in [-0.2, -0.15) is 0 Å². The van der Waals surface area contributed by atoms with E-state index in [4.69, 9.17) is 4.74 Å². The van der Waals surface area contributed by atoms with Crippen molar-refractivity contribution in [2.24, 2.45) is 0 Å². The zero-order valence-electron chi connectivity index (χ0n) is 15.0. The maximum Gasteiger partial charge on any atom is 0.319 e. The number of nitrogens with one attached hydrogen (secondary N) is 3. The summed E-state index contributed by atoms with van der Waals surface area (Å²) in [6.45, 7) is 0.570. The molecular formula is C20H23N3O3. The molecule has 2 aromatic rings. The Kier molecular flexibility index (Phi) is 5.11. The van der Waals surface area contributed by atoms with Crippen molar-refractivity contribution in [2.45, 2.75) is 18.3 Å². The second-order valence-electron chi connectivity index (χ2n) is 6.45. The minimum atomic E-state index is -0.320. The average molecular weight is 353 g/mol. The van der Waals surface area contributed by atoms with Crippen molar-refractivity contribution in [1.82, 2.24) is 10.6 Å². The summed E-state index contributed by atoms with van der Waals surface area (Å²) < 4.78 is 5.27. The first-order chi connectivity index (χ1) is 12.6. The van der Waals surface area contributed by atoms with Crippen LogP contribution in [0.3, 0.4) is 0 Å². The molecule has 26 heavy (non-hydrogen) atoms. The molecule has 0 atom stereocenters. The fourth-order valence-corrected chi connectivity index (χ4v) is 3.02. The van der Waals surface area contributed by atoms with Gasteiger partial charge in [0.25, 0.3) is 5.91 Å². The average Bonchev–Trinajstić information content (AvgIpc) is 3.47. The zero-order valence-corrected chi connectivity index (χ0v) is 15.0. The standard InChI is InChI=1S/C20H23N3O3/c1-21-18(24)14-8-9-17(26-2)16(12-14)23-19(25)22-13-20(10-11-20)15-6-4-3-5-7-15/h3-9,12H,10-11,13H2,1-2H3,(H,21,24)(H2,22,23,25). The second kappa shape index (κ2) is 7.47. The third-order valence-electron chi connectivity index (χ3n) is 4.76. The van der Waals surface area contributed by atoms with E-state index in [1.807, 2.05) is 18.2 Å². The molecule has 6 nitrogen and oxygen atoms in total. The quantitative estimate of drug-likeness (QED) is 0.747. The molecule has 2 aromatic carbocycles. The van der Waals surface area contributed by atoms with E-state index >= 15 is 0 Å². The molecular weight excluding hydrogens is 330 g/mol. The highest BCUT2D eigenvalue weighted by Crippen LogP contribution is 2.47. The first-order valence-electron chi connectivity index (χ1n) is 8.58. The minimum absolute atomic E-state index is 0.0344. The number of ether oxygens (including phenoxy) is 1. The summed E-state index contributed by atoms with van der Waals surface area (Å²) in [6, 6.07) is 14.8. The van der Waals surface area contributed by atoms with Gasteiger partial charge in [0.2, 0.25) is 0 Å². The minimum Gasteiger partial charge on any atom is -0.495 e. The van der Waals surface area contributed by atoms with Crippen molar-refractivity contribution >= 4 is 17.6 Å². The van der Waals surface area contributed by atoms with E-state index in [0.717, 1.165) is 12.8 Å². The van der Waals surface area contributed by atoms with Gasteiger partial charge in [-0.05, 0) is 36.6 Å². The monoisotopic (exact) mass is 353 g/mol. The van der Waals surface area contributed by atoms with Gasteiger partial charge in [0.1, 0.15) is 5.75 Å². The van der Waals surface area contributed by atoms with Crippen LogP contribution < -0.4 is 20.7 Å². The summed E-state index contributed by atoms with van der Waals surface area (Å²) in [5.41, 5.74) is 2.19. The van der Waals surface area contributed by atoms with Crippen molar-refractivity contribution < 1.29 is 14.3 Å². The maximum absolute atomic E-state index is 12.4. The van der Waals surface area contributed by atoms with Crippen LogP contribution in [0, 0.1) is 0 Å². The Morgan fingerprint density at radius 3 is 2.46 bits per heavy atom. The molecule has 1 aliphatic rings. The van der Waals surface area contributed by atoms with Crippen molar-refractivity contribution in [2.75, 3.05) is 26.0 Å². The summed E-state index contributed by atoms with van der Waals surface area (Å²) >= 11 is 0. The molecule has 1 aliphatic carbocycles. The van der Waals surface area contributed by atoms with Gasteiger partial charge in [-0.1, -0.05) is 30.3 Å². The van der Waals surface area contributed by atoms with Crippen molar-refractivity contribution in [1.29, 1.82) is 0 Å². The number of hydrogen-bond donors (Lipinski definition) is 3. The number of amides is 3. The van der Waals surface area contributed by atoms with E-state index in [2.05, 4.69) is 28.1 Å². The van der Waals surface area contributed by atoms with E-state index in [0.29, 0.717) is 23.5 Å². The van der Waals surface area contributed by atoms with E-state index in [1.165, 1.54) is 12.7 Å². The Balaban J connectivity index is 1.66. The van der Waals surface area contributed by atoms with E-state index < -0.39 is 0 Å². The normalized spacial score (nSPS) is 14.2. The molecule has 3 amide bonds. The van der Waals surface area contributed by atoms with Crippen LogP contribution in [0.5, 0.6) is 5.75 Å². The van der Waals surface area contributed by atoms with E-state index in [9.17, 15) is 9.59 Å². The number of anilines is 1. The predicted molar refractivity (Wildman–Crippen MR) is 101 cm³/mol. The first kappa shape index (κ1) is 17.8. The molecule has 3 rings (SSSR count). The van der Waals surface area contributed by atoms with E-state index in [-0.39, 0.29) is 17.4 Å². The lowest BCUT2D eigenvalue weighted by Crippen LogP contribution is -2.35. The third kappa shape index (κ3) is 3.79. The topological polar surface area (TPSA) is 79.5 Å². The first-order valence-corrected chi connectivity index (χ1v) is 8.58. The van der Waals surface area contributed by atoms with Crippen LogP contribution >= 0.6 is 0 Å². The van der Waals surface area contributed by atoms with Crippen LogP contribution in [-0.4, -0.2) is 32.6 Å². The number of urea groups is 1. The fraction of sp³-hybridized carbons (Fsp3) is 0.300. The van der Waals surface area contributed by atoms with E-state index in [1.54, 1.807) is 25.2 Å². The molecule has 6 heteroatoms. The predicted octanol–water partition coefficient (Wildman–Crippen LogP) is 2.91. The number of rotatable bonds is 6. The molecule has 1 fully saturated rings. The fourth-order valence-electron chi connectivity index (χ4n) is 3.02. The summed E-state index contributed by atoms with van der Waals surface area (Å²) in [6.07, 6.45) is 2.12. The molecule has 0 heterocycles. The van der Waals surface area contributed by atoms with Crippen LogP contribution in [0.15, 0.2) is 48.5 Å². The Morgan fingerprint density at radius 2 is 1.85 bits per heavy atom. The molecule has 0 saturated heterocycles. The molecule has 0 bridgehead atoms. The molecule has 0 radical (unpaired) electrons. The smallest absolute Gasteiger partial charge is 0.319 e. The molecule has 0 unspecified atom stereocenters. The van der Waals surface area contributed by atoms with Gasteiger partial charge >= 0.3 is 6.03 Å². The SMILES string of the molecule is CNC(=O)c1ccc(OC)c(NC(=O)NCC2(c3ccccc3)CC2)c1. The summed E-state index contributed by atoms with van der Waals surface area (Å²) in [5.74, 6) is 0.272. The number of methoxy groups -OCH3 is 1. The Labute approximate surface area is 152 Å². The van der Waals surface area contributed by atoms with Crippen LogP contribution in [0.2, 0.25) is 0 Å². The number of carbonyl (C=O) groups is 2. The lowest BCUT2D eigenvalue weighted by atomic mass is 9.96. The summed E-state index contributed by atoms with van der Waals surface area (Å²) in [4.78, 5) is 24.2. The number of benzene rings is 2. The van der Waals surface area contributed by atoms with Crippen molar-refractivity contribution in [3.05, 3.63) is 59.7 Å². The highest BCUT2D eigenvalue weighted by atomic mass is 16.5. The van der Waals surface area contributed by atoms with Gasteiger partial charge in [0.05, 0.1) is 12.8 Å². The van der Waals surface area contributed by atoms with Gasteiger partial charge < -0.3 is 20.7 Å². The van der Waals surface area contributed by atoms with Gasteiger partial charge in [0, 0.05) is 24.6 Å². The molecule has 1 saturated carbocycles. The number of hydrogen-bond acceptors (Lipinski definition) is 3. The summed E-state index contributed by atoms with van der Waals surface area (Å²) in [5, 5.41) is 8.28. The second-order valence-corrected chi connectivity index (χ2v) is 6.45. The van der Waals surface area contributed by atoms with Crippen molar-refractivity contribution in [3.63, 3.8) is 0 Å². The Hall–Kier alpha value is -3.02. The maximum atomic E-state index is 12.4. The Morgan fingerprint density at radius 1 is 1.12 bits per heavy atom. The Bertz CT molecular complexity index is 801. The zero-order chi connectivity index (χ0) is 18.6. The molecule has 3 N–H and O–H groups in total. The van der Waals surface area contributed by atoms with Gasteiger partial charge in [-0.25, -0.2) is 4.79 Å². The van der Waals surface area contributed by atoms with Crippen LogP contribution in [-0.2, 0) is 5.41 Å². The van der Waals surface area contributed by atoms with Gasteiger partial charge in [0.15, 0.2) is 0 Å². The molecule has 0 aromatic heterocycles. The third-order valence-corrected chi connectivity index (χ3v) is 4.76. The number of carbonyl (C=O) groups excluding carboxylic acids is 2. The van der Waals surface area contributed by atoms with Crippen LogP contribution in [0.1, 0.15) is 28.8 Å². The molecule has 136 valence electrons. The van der Waals surface area contributed by atoms with Crippen molar-refractivity contribution in [3.8, 4) is 5.75 Å². The van der Waals surface area contributed by atoms with Crippen LogP contribution in [0.25, 0.3) is 0 Å².